The summed E-state index contributed by atoms with van der Waals surface area (Å²) in [6.45, 7) is 7.62. The van der Waals surface area contributed by atoms with Crippen LogP contribution in [0.5, 0.6) is 11.5 Å². The molecule has 140 valence electrons. The van der Waals surface area contributed by atoms with Gasteiger partial charge in [0.15, 0.2) is 5.75 Å². The number of hydrogen-bond acceptors (Lipinski definition) is 5. The number of allylic oxidation sites excluding steroid dienone is 2. The molecule has 2 rings (SSSR count). The van der Waals surface area contributed by atoms with Crippen LogP contribution >= 0.6 is 0 Å². The molecule has 0 aliphatic rings. The number of pyridine rings is 1. The second-order valence-corrected chi connectivity index (χ2v) is 6.05. The van der Waals surface area contributed by atoms with E-state index in [1.54, 1.807) is 22.8 Å². The number of hydrogen-bond donors (Lipinski definition) is 1. The molecular weight excluding hydrogens is 332 g/mol. The van der Waals surface area contributed by atoms with E-state index in [1.165, 1.54) is 6.92 Å². The minimum Gasteiger partial charge on any atom is -0.457 e. The molecule has 0 aliphatic carbocycles. The van der Waals surface area contributed by atoms with Crippen LogP contribution in [-0.2, 0) is 11.3 Å². The van der Waals surface area contributed by atoms with E-state index in [9.17, 15) is 9.59 Å². The number of carbonyl (C=O) groups is 1. The fraction of sp³-hybridized carbons (Fsp3) is 0.400. The third kappa shape index (κ3) is 4.07. The van der Waals surface area contributed by atoms with Gasteiger partial charge in [0.25, 0.3) is 5.56 Å². The van der Waals surface area contributed by atoms with Crippen molar-refractivity contribution in [2.24, 2.45) is 0 Å². The Morgan fingerprint density at radius 1 is 1.23 bits per heavy atom. The monoisotopic (exact) mass is 358 g/mol. The number of benzene rings is 1. The molecule has 1 aromatic heterocycles. The number of fused-ring (bicyclic) bond motifs is 1. The molecule has 0 saturated heterocycles. The lowest BCUT2D eigenvalue weighted by atomic mass is 10.1. The summed E-state index contributed by atoms with van der Waals surface area (Å²) in [4.78, 5) is 24.7. The summed E-state index contributed by atoms with van der Waals surface area (Å²) in [5.74, 6) is 0.283. The number of unbranched alkanes of at least 4 members (excludes halogenated alkanes) is 1. The Morgan fingerprint density at radius 3 is 2.54 bits per heavy atom. The zero-order valence-electron chi connectivity index (χ0n) is 15.8. The van der Waals surface area contributed by atoms with Crippen LogP contribution < -0.4 is 20.8 Å². The van der Waals surface area contributed by atoms with Gasteiger partial charge in [-0.25, -0.2) is 0 Å². The van der Waals surface area contributed by atoms with Crippen molar-refractivity contribution < 1.29 is 14.3 Å². The van der Waals surface area contributed by atoms with Crippen molar-refractivity contribution >= 4 is 22.6 Å². The van der Waals surface area contributed by atoms with Crippen molar-refractivity contribution in [3.05, 3.63) is 40.4 Å². The summed E-state index contributed by atoms with van der Waals surface area (Å²) < 4.78 is 12.8. The first kappa shape index (κ1) is 19.6. The van der Waals surface area contributed by atoms with Crippen molar-refractivity contribution in [3.63, 3.8) is 0 Å². The highest BCUT2D eigenvalue weighted by atomic mass is 16.6. The van der Waals surface area contributed by atoms with Crippen molar-refractivity contribution in [1.82, 2.24) is 4.57 Å². The van der Waals surface area contributed by atoms with Gasteiger partial charge in [-0.1, -0.05) is 20.3 Å². The Kier molecular flexibility index (Phi) is 6.44. The van der Waals surface area contributed by atoms with Gasteiger partial charge in [0.2, 0.25) is 5.75 Å². The van der Waals surface area contributed by atoms with E-state index in [0.717, 1.165) is 12.8 Å². The number of anilines is 1. The Labute approximate surface area is 153 Å². The quantitative estimate of drug-likeness (QED) is 0.459. The van der Waals surface area contributed by atoms with Crippen molar-refractivity contribution in [1.29, 1.82) is 0 Å². The molecule has 0 unspecified atom stereocenters. The molecule has 2 N–H and O–H groups in total. The van der Waals surface area contributed by atoms with Gasteiger partial charge in [0, 0.05) is 31.0 Å². The third-order valence-electron chi connectivity index (χ3n) is 4.09. The first-order valence-corrected chi connectivity index (χ1v) is 8.90. The highest BCUT2D eigenvalue weighted by Crippen LogP contribution is 2.35. The molecule has 6 nitrogen and oxygen atoms in total. The molecule has 0 radical (unpaired) electrons. The molecule has 0 spiro atoms. The van der Waals surface area contributed by atoms with Crippen LogP contribution in [0.25, 0.3) is 10.9 Å². The van der Waals surface area contributed by atoms with Gasteiger partial charge in [-0.3, -0.25) is 9.59 Å². The lowest BCUT2D eigenvalue weighted by Crippen LogP contribution is -2.25. The second-order valence-electron chi connectivity index (χ2n) is 6.05. The lowest BCUT2D eigenvalue weighted by Gasteiger charge is -2.18. The molecule has 26 heavy (non-hydrogen) atoms. The fourth-order valence-corrected chi connectivity index (χ4v) is 2.76. The minimum absolute atomic E-state index is 0.0846. The molecule has 2 aromatic rings. The zero-order chi connectivity index (χ0) is 19.3. The van der Waals surface area contributed by atoms with Gasteiger partial charge in [0.05, 0.1) is 11.3 Å². The predicted molar refractivity (Wildman–Crippen MR) is 104 cm³/mol. The van der Waals surface area contributed by atoms with E-state index in [4.69, 9.17) is 15.2 Å². The number of carbonyl (C=O) groups excluding carboxylic acids is 1. The van der Waals surface area contributed by atoms with E-state index in [-0.39, 0.29) is 11.5 Å². The third-order valence-corrected chi connectivity index (χ3v) is 4.09. The number of aryl methyl sites for hydroxylation is 1. The molecule has 1 heterocycles. The van der Waals surface area contributed by atoms with Crippen molar-refractivity contribution in [2.45, 2.75) is 53.5 Å². The first-order chi connectivity index (χ1) is 12.4. The Morgan fingerprint density at radius 2 is 1.96 bits per heavy atom. The Bertz CT molecular complexity index is 897. The van der Waals surface area contributed by atoms with Gasteiger partial charge >= 0.3 is 5.97 Å². The van der Waals surface area contributed by atoms with Gasteiger partial charge in [0.1, 0.15) is 0 Å². The van der Waals surface area contributed by atoms with Crippen LogP contribution in [0.15, 0.2) is 34.8 Å². The minimum atomic E-state index is -0.567. The zero-order valence-corrected chi connectivity index (χ0v) is 15.8. The van der Waals surface area contributed by atoms with Crippen molar-refractivity contribution in [3.8, 4) is 11.5 Å². The smallest absolute Gasteiger partial charge is 0.308 e. The van der Waals surface area contributed by atoms with Crippen LogP contribution in [0.4, 0.5) is 5.69 Å². The topological polar surface area (TPSA) is 83.5 Å². The van der Waals surface area contributed by atoms with Crippen LogP contribution in [0.3, 0.4) is 0 Å². The van der Waals surface area contributed by atoms with E-state index in [0.29, 0.717) is 35.3 Å². The lowest BCUT2D eigenvalue weighted by molar-refractivity contribution is -0.132. The van der Waals surface area contributed by atoms with Crippen LogP contribution in [0.2, 0.25) is 0 Å². The number of nitrogens with two attached hydrogens (primary N) is 1. The molecule has 0 aliphatic heterocycles. The fourth-order valence-electron chi connectivity index (χ4n) is 2.76. The average molecular weight is 358 g/mol. The number of rotatable bonds is 7. The number of esters is 1. The van der Waals surface area contributed by atoms with Gasteiger partial charge < -0.3 is 19.8 Å². The van der Waals surface area contributed by atoms with Crippen LogP contribution in [-0.4, -0.2) is 10.5 Å². The maximum absolute atomic E-state index is 13.1. The van der Waals surface area contributed by atoms with Gasteiger partial charge in [-0.05, 0) is 37.6 Å². The maximum Gasteiger partial charge on any atom is 0.308 e. The summed E-state index contributed by atoms with van der Waals surface area (Å²) in [5, 5.41) is 0.680. The standard InChI is InChI=1S/C20H26N2O4/c1-5-8-11-22-17-12-14(21)9-10-16(17)18(26-15(6-2)7-3)19(20(22)24)25-13(4)23/h6,9-10,12H,5,7-8,11,21H2,1-4H3. The van der Waals surface area contributed by atoms with Gasteiger partial charge in [-0.2, -0.15) is 0 Å². The second kappa shape index (κ2) is 8.56. The molecule has 6 heteroatoms. The molecule has 0 amide bonds. The van der Waals surface area contributed by atoms with Crippen LogP contribution in [0.1, 0.15) is 47.0 Å². The highest BCUT2D eigenvalue weighted by Gasteiger charge is 2.22. The van der Waals surface area contributed by atoms with E-state index in [1.807, 2.05) is 26.8 Å². The van der Waals surface area contributed by atoms with E-state index in [2.05, 4.69) is 0 Å². The normalized spacial score (nSPS) is 11.6. The summed E-state index contributed by atoms with van der Waals surface area (Å²) in [5.41, 5.74) is 6.76. The van der Waals surface area contributed by atoms with Crippen molar-refractivity contribution in [2.75, 3.05) is 5.73 Å². The predicted octanol–water partition coefficient (Wildman–Crippen LogP) is 4.00. The Balaban J connectivity index is 2.84. The number of aromatic nitrogens is 1. The molecule has 0 atom stereocenters. The maximum atomic E-state index is 13.1. The summed E-state index contributed by atoms with van der Waals surface area (Å²) >= 11 is 0. The highest BCUT2D eigenvalue weighted by molar-refractivity contribution is 5.91. The number of nitrogens with zero attached hydrogens (tertiary/aromatic N) is 1. The first-order valence-electron chi connectivity index (χ1n) is 8.90. The van der Waals surface area contributed by atoms with E-state index >= 15 is 0 Å². The molecule has 0 bridgehead atoms. The number of nitrogen functional groups attached to an aromatic ring is 1. The largest absolute Gasteiger partial charge is 0.457 e. The molecule has 0 saturated carbocycles. The summed E-state index contributed by atoms with van der Waals surface area (Å²) in [7, 11) is 0. The molecule has 1 aromatic carbocycles. The van der Waals surface area contributed by atoms with E-state index < -0.39 is 11.5 Å². The summed E-state index contributed by atoms with van der Waals surface area (Å²) in [6, 6.07) is 5.28. The van der Waals surface area contributed by atoms with Gasteiger partial charge in [-0.15, -0.1) is 0 Å². The average Bonchev–Trinajstić information content (AvgIpc) is 2.61. The SMILES string of the molecule is CC=C(CC)Oc1c(OC(C)=O)c(=O)n(CCCC)c2cc(N)ccc12. The Hall–Kier alpha value is -2.76. The number of ether oxygens (including phenoxy) is 2. The molecule has 0 fully saturated rings. The summed E-state index contributed by atoms with van der Waals surface area (Å²) in [6.07, 6.45) is 4.21. The van der Waals surface area contributed by atoms with Crippen LogP contribution in [0, 0.1) is 0 Å². The molecular formula is C20H26N2O4.